The average Bonchev–Trinajstić information content (AvgIpc) is 2.66. The fourth-order valence-electron chi connectivity index (χ4n) is 2.19. The van der Waals surface area contributed by atoms with E-state index >= 15 is 0 Å². The number of hydrogen-bond donors (Lipinski definition) is 2. The SMILES string of the molecule is CCn1cc(CCNC(C)=O)c2cc(O)ccc21. The number of phenols is 1. The van der Waals surface area contributed by atoms with Gasteiger partial charge in [-0.25, -0.2) is 0 Å². The molecule has 4 heteroatoms. The predicted octanol–water partition coefficient (Wildman–Crippen LogP) is 2.05. The number of aromatic nitrogens is 1. The van der Waals surface area contributed by atoms with E-state index in [9.17, 15) is 9.90 Å². The molecule has 4 nitrogen and oxygen atoms in total. The summed E-state index contributed by atoms with van der Waals surface area (Å²) in [6, 6.07) is 5.41. The Bertz CT molecular complexity index is 572. The van der Waals surface area contributed by atoms with Gasteiger partial charge >= 0.3 is 0 Å². The third-order valence-corrected chi connectivity index (χ3v) is 3.06. The van der Waals surface area contributed by atoms with E-state index in [2.05, 4.69) is 23.0 Å². The number of amides is 1. The van der Waals surface area contributed by atoms with E-state index in [-0.39, 0.29) is 11.7 Å². The van der Waals surface area contributed by atoms with Gasteiger partial charge in [-0.2, -0.15) is 0 Å². The molecule has 18 heavy (non-hydrogen) atoms. The van der Waals surface area contributed by atoms with Crippen LogP contribution in [-0.4, -0.2) is 22.1 Å². The standard InChI is InChI=1S/C14H18N2O2/c1-3-16-9-11(6-7-15-10(2)17)13-8-12(18)4-5-14(13)16/h4-5,8-9,18H,3,6-7H2,1-2H3,(H,15,17). The molecule has 1 aromatic heterocycles. The molecule has 0 aliphatic heterocycles. The highest BCUT2D eigenvalue weighted by molar-refractivity contribution is 5.85. The molecule has 2 aromatic rings. The first-order valence-corrected chi connectivity index (χ1v) is 6.17. The number of aromatic hydroxyl groups is 1. The second-order valence-electron chi connectivity index (χ2n) is 4.37. The Morgan fingerprint density at radius 1 is 1.44 bits per heavy atom. The molecule has 96 valence electrons. The van der Waals surface area contributed by atoms with Crippen molar-refractivity contribution in [3.05, 3.63) is 30.0 Å². The van der Waals surface area contributed by atoms with Crippen molar-refractivity contribution in [2.75, 3.05) is 6.54 Å². The summed E-state index contributed by atoms with van der Waals surface area (Å²) in [6.07, 6.45) is 2.86. The van der Waals surface area contributed by atoms with Gasteiger partial charge in [-0.15, -0.1) is 0 Å². The molecule has 0 radical (unpaired) electrons. The summed E-state index contributed by atoms with van der Waals surface area (Å²) in [5.41, 5.74) is 2.27. The highest BCUT2D eigenvalue weighted by Gasteiger charge is 2.08. The van der Waals surface area contributed by atoms with Gasteiger partial charge in [-0.1, -0.05) is 0 Å². The molecule has 0 atom stereocenters. The van der Waals surface area contributed by atoms with E-state index in [0.29, 0.717) is 6.54 Å². The zero-order chi connectivity index (χ0) is 13.1. The Morgan fingerprint density at radius 3 is 2.89 bits per heavy atom. The van der Waals surface area contributed by atoms with Crippen LogP contribution in [0.5, 0.6) is 5.75 Å². The van der Waals surface area contributed by atoms with Gasteiger partial charge in [-0.05, 0) is 37.1 Å². The minimum atomic E-state index is -0.0166. The highest BCUT2D eigenvalue weighted by Crippen LogP contribution is 2.25. The first kappa shape index (κ1) is 12.5. The quantitative estimate of drug-likeness (QED) is 0.867. The van der Waals surface area contributed by atoms with Crippen molar-refractivity contribution in [1.82, 2.24) is 9.88 Å². The molecule has 0 unspecified atom stereocenters. The van der Waals surface area contributed by atoms with Crippen LogP contribution in [0.15, 0.2) is 24.4 Å². The molecule has 1 heterocycles. The van der Waals surface area contributed by atoms with Crippen molar-refractivity contribution >= 4 is 16.8 Å². The lowest BCUT2D eigenvalue weighted by atomic mass is 10.1. The first-order valence-electron chi connectivity index (χ1n) is 6.17. The van der Waals surface area contributed by atoms with Crippen LogP contribution in [0.2, 0.25) is 0 Å². The summed E-state index contributed by atoms with van der Waals surface area (Å²) in [7, 11) is 0. The zero-order valence-corrected chi connectivity index (χ0v) is 10.7. The molecule has 1 aromatic carbocycles. The Balaban J connectivity index is 2.31. The smallest absolute Gasteiger partial charge is 0.216 e. The summed E-state index contributed by atoms with van der Waals surface area (Å²) < 4.78 is 2.15. The minimum Gasteiger partial charge on any atom is -0.508 e. The molecule has 0 bridgehead atoms. The number of hydrogen-bond acceptors (Lipinski definition) is 2. The maximum atomic E-state index is 10.9. The highest BCUT2D eigenvalue weighted by atomic mass is 16.3. The van der Waals surface area contributed by atoms with Crippen molar-refractivity contribution in [2.24, 2.45) is 0 Å². The van der Waals surface area contributed by atoms with Gasteiger partial charge in [0.15, 0.2) is 0 Å². The molecule has 2 rings (SSSR count). The van der Waals surface area contributed by atoms with E-state index in [1.165, 1.54) is 6.92 Å². The summed E-state index contributed by atoms with van der Waals surface area (Å²) in [5, 5.41) is 13.4. The minimum absolute atomic E-state index is 0.0166. The normalized spacial score (nSPS) is 10.8. The molecule has 0 saturated carbocycles. The van der Waals surface area contributed by atoms with Crippen LogP contribution in [0.1, 0.15) is 19.4 Å². The van der Waals surface area contributed by atoms with Gasteiger partial charge in [-0.3, -0.25) is 4.79 Å². The Kier molecular flexibility index (Phi) is 3.55. The Morgan fingerprint density at radius 2 is 2.22 bits per heavy atom. The van der Waals surface area contributed by atoms with Crippen LogP contribution >= 0.6 is 0 Å². The molecule has 0 spiro atoms. The second-order valence-corrected chi connectivity index (χ2v) is 4.37. The topological polar surface area (TPSA) is 54.3 Å². The number of carbonyl (C=O) groups is 1. The summed E-state index contributed by atoms with van der Waals surface area (Å²) in [6.45, 7) is 5.11. The second kappa shape index (κ2) is 5.12. The van der Waals surface area contributed by atoms with E-state index in [1.54, 1.807) is 12.1 Å². The number of rotatable bonds is 4. The number of aryl methyl sites for hydroxylation is 1. The lowest BCUT2D eigenvalue weighted by Gasteiger charge is -2.01. The fraction of sp³-hybridized carbons (Fsp3) is 0.357. The van der Waals surface area contributed by atoms with Gasteiger partial charge in [0, 0.05) is 37.1 Å². The van der Waals surface area contributed by atoms with Crippen LogP contribution in [0, 0.1) is 0 Å². The molecule has 2 N–H and O–H groups in total. The average molecular weight is 246 g/mol. The van der Waals surface area contributed by atoms with Crippen molar-refractivity contribution in [3.8, 4) is 5.75 Å². The molecule has 0 aliphatic rings. The summed E-state index contributed by atoms with van der Waals surface area (Å²) in [5.74, 6) is 0.259. The molecule has 0 saturated heterocycles. The van der Waals surface area contributed by atoms with E-state index < -0.39 is 0 Å². The van der Waals surface area contributed by atoms with Crippen LogP contribution < -0.4 is 5.32 Å². The van der Waals surface area contributed by atoms with Crippen molar-refractivity contribution in [2.45, 2.75) is 26.8 Å². The first-order chi connectivity index (χ1) is 8.61. The van der Waals surface area contributed by atoms with Gasteiger partial charge < -0.3 is 15.0 Å². The number of nitrogens with zero attached hydrogens (tertiary/aromatic N) is 1. The number of fused-ring (bicyclic) bond motifs is 1. The summed E-state index contributed by atoms with van der Waals surface area (Å²) >= 11 is 0. The molecule has 0 aliphatic carbocycles. The maximum absolute atomic E-state index is 10.9. The monoisotopic (exact) mass is 246 g/mol. The lowest BCUT2D eigenvalue weighted by Crippen LogP contribution is -2.22. The largest absolute Gasteiger partial charge is 0.508 e. The number of phenolic OH excluding ortho intramolecular Hbond substituents is 1. The van der Waals surface area contributed by atoms with Crippen LogP contribution in [0.25, 0.3) is 10.9 Å². The van der Waals surface area contributed by atoms with E-state index in [0.717, 1.165) is 29.4 Å². The summed E-state index contributed by atoms with van der Waals surface area (Å²) in [4.78, 5) is 10.9. The van der Waals surface area contributed by atoms with Crippen LogP contribution in [0.4, 0.5) is 0 Å². The van der Waals surface area contributed by atoms with Crippen LogP contribution in [0.3, 0.4) is 0 Å². The predicted molar refractivity (Wildman–Crippen MR) is 71.7 cm³/mol. The molecular formula is C14H18N2O2. The van der Waals surface area contributed by atoms with Crippen LogP contribution in [-0.2, 0) is 17.8 Å². The Labute approximate surface area is 106 Å². The van der Waals surface area contributed by atoms with E-state index in [1.807, 2.05) is 6.07 Å². The van der Waals surface area contributed by atoms with Gasteiger partial charge in [0.1, 0.15) is 5.75 Å². The van der Waals surface area contributed by atoms with Crippen molar-refractivity contribution < 1.29 is 9.90 Å². The number of carbonyl (C=O) groups excluding carboxylic acids is 1. The third kappa shape index (κ3) is 2.47. The van der Waals surface area contributed by atoms with Crippen molar-refractivity contribution in [1.29, 1.82) is 0 Å². The zero-order valence-electron chi connectivity index (χ0n) is 10.7. The number of benzene rings is 1. The third-order valence-electron chi connectivity index (χ3n) is 3.06. The lowest BCUT2D eigenvalue weighted by molar-refractivity contribution is -0.118. The van der Waals surface area contributed by atoms with Gasteiger partial charge in [0.25, 0.3) is 0 Å². The maximum Gasteiger partial charge on any atom is 0.216 e. The Hall–Kier alpha value is -1.97. The number of nitrogens with one attached hydrogen (secondary N) is 1. The molecule has 0 fully saturated rings. The molecular weight excluding hydrogens is 228 g/mol. The molecule has 1 amide bonds. The van der Waals surface area contributed by atoms with Gasteiger partial charge in [0.2, 0.25) is 5.91 Å². The van der Waals surface area contributed by atoms with Gasteiger partial charge in [0.05, 0.1) is 0 Å². The van der Waals surface area contributed by atoms with Crippen molar-refractivity contribution in [3.63, 3.8) is 0 Å². The van der Waals surface area contributed by atoms with E-state index in [4.69, 9.17) is 0 Å². The fourth-order valence-corrected chi connectivity index (χ4v) is 2.19.